The average molecular weight is 598 g/mol. The number of para-hydroxylation sites is 1. The van der Waals surface area contributed by atoms with E-state index in [1.807, 2.05) is 54.6 Å². The molecule has 1 aliphatic heterocycles. The molecule has 0 aliphatic carbocycles. The molecule has 1 fully saturated rings. The van der Waals surface area contributed by atoms with Crippen molar-refractivity contribution in [3.63, 3.8) is 0 Å². The normalized spacial score (nSPS) is 17.2. The average Bonchev–Trinajstić information content (AvgIpc) is 3.01. The molecule has 2 unspecified atom stereocenters. The van der Waals surface area contributed by atoms with Crippen molar-refractivity contribution in [2.45, 2.75) is 51.4 Å². The molecule has 0 N–H and O–H groups in total. The van der Waals surface area contributed by atoms with Crippen LogP contribution in [-0.2, 0) is 25.7 Å². The number of carbonyl (C=O) groups excluding carboxylic acids is 2. The Bertz CT molecular complexity index is 1530. The van der Waals surface area contributed by atoms with E-state index in [9.17, 15) is 9.59 Å². The van der Waals surface area contributed by atoms with E-state index in [0.717, 1.165) is 16.5 Å². The van der Waals surface area contributed by atoms with Gasteiger partial charge in [-0.3, -0.25) is 4.79 Å². The number of benzene rings is 4. The molecule has 0 radical (unpaired) electrons. The maximum Gasteiger partial charge on any atom is 0.528 e. The molecule has 0 bridgehead atoms. The Balaban J connectivity index is 1.21. The van der Waals surface area contributed by atoms with E-state index >= 15 is 0 Å². The molecule has 0 saturated carbocycles. The quantitative estimate of drug-likeness (QED) is 0.169. The minimum Gasteiger partial charge on any atom is -0.486 e. The van der Waals surface area contributed by atoms with Gasteiger partial charge in [-0.15, -0.1) is 5.06 Å². The molecule has 4 aromatic rings. The van der Waals surface area contributed by atoms with Crippen molar-refractivity contribution in [1.29, 1.82) is 0 Å². The van der Waals surface area contributed by atoms with Crippen LogP contribution in [0.1, 0.15) is 44.2 Å². The molecular weight excluding hydrogens is 558 g/mol. The lowest BCUT2D eigenvalue weighted by Crippen LogP contribution is -2.45. The number of rotatable bonds is 11. The molecular formula is C36H39NO7. The van der Waals surface area contributed by atoms with Gasteiger partial charge in [0.1, 0.15) is 30.3 Å². The highest BCUT2D eigenvalue weighted by molar-refractivity contribution is 5.83. The van der Waals surface area contributed by atoms with Crippen LogP contribution in [0, 0.1) is 0 Å². The largest absolute Gasteiger partial charge is 0.528 e. The topological polar surface area (TPSA) is 83.5 Å². The number of Topliss-reactive ketones (excluding diaryl/α,β-unsaturated/α-hetero) is 1. The zero-order valence-electron chi connectivity index (χ0n) is 25.4. The Morgan fingerprint density at radius 3 is 2.16 bits per heavy atom. The second-order valence-electron chi connectivity index (χ2n) is 11.9. The molecule has 8 heteroatoms. The maximum absolute atomic E-state index is 12.4. The highest BCUT2D eigenvalue weighted by atomic mass is 16.8. The summed E-state index contributed by atoms with van der Waals surface area (Å²) in [5.41, 5.74) is 1.50. The van der Waals surface area contributed by atoms with Gasteiger partial charge in [0, 0.05) is 12.5 Å². The number of hydrogen-bond acceptors (Lipinski definition) is 8. The lowest BCUT2D eigenvalue weighted by molar-refractivity contribution is -0.179. The zero-order chi connectivity index (χ0) is 30.9. The van der Waals surface area contributed by atoms with Crippen LogP contribution in [0.2, 0.25) is 0 Å². The molecule has 5 rings (SSSR count). The van der Waals surface area contributed by atoms with E-state index in [1.54, 1.807) is 38.0 Å². The Labute approximate surface area is 258 Å². The number of ether oxygens (including phenoxy) is 4. The molecule has 230 valence electrons. The van der Waals surface area contributed by atoms with Crippen LogP contribution in [0.5, 0.6) is 11.5 Å². The highest BCUT2D eigenvalue weighted by Gasteiger charge is 2.34. The summed E-state index contributed by atoms with van der Waals surface area (Å²) in [6.45, 7) is 6.62. The lowest BCUT2D eigenvalue weighted by atomic mass is 9.87. The van der Waals surface area contributed by atoms with E-state index in [4.69, 9.17) is 23.8 Å². The predicted molar refractivity (Wildman–Crippen MR) is 168 cm³/mol. The number of hydrogen-bond donors (Lipinski definition) is 0. The minimum atomic E-state index is -0.727. The molecule has 1 saturated heterocycles. The molecule has 2 atom stereocenters. The Morgan fingerprint density at radius 1 is 0.795 bits per heavy atom. The second-order valence-corrected chi connectivity index (χ2v) is 11.9. The molecule has 8 nitrogen and oxygen atoms in total. The molecule has 4 aromatic carbocycles. The third-order valence-electron chi connectivity index (χ3n) is 7.24. The van der Waals surface area contributed by atoms with E-state index < -0.39 is 11.8 Å². The fourth-order valence-electron chi connectivity index (χ4n) is 5.12. The highest BCUT2D eigenvalue weighted by Crippen LogP contribution is 2.33. The lowest BCUT2D eigenvalue weighted by Gasteiger charge is -2.37. The zero-order valence-corrected chi connectivity index (χ0v) is 25.4. The maximum atomic E-state index is 12.4. The smallest absolute Gasteiger partial charge is 0.486 e. The van der Waals surface area contributed by atoms with Crippen molar-refractivity contribution in [2.24, 2.45) is 0 Å². The minimum absolute atomic E-state index is 0.0533. The molecule has 1 aliphatic rings. The summed E-state index contributed by atoms with van der Waals surface area (Å²) < 4.78 is 23.1. The van der Waals surface area contributed by atoms with Gasteiger partial charge in [0.05, 0.1) is 19.3 Å². The van der Waals surface area contributed by atoms with Gasteiger partial charge in [0.15, 0.2) is 0 Å². The van der Waals surface area contributed by atoms with Crippen molar-refractivity contribution in [3.05, 3.63) is 108 Å². The van der Waals surface area contributed by atoms with Crippen LogP contribution in [-0.4, -0.2) is 55.0 Å². The third kappa shape index (κ3) is 9.05. The fraction of sp³-hybridized carbons (Fsp3) is 0.333. The van der Waals surface area contributed by atoms with E-state index in [-0.39, 0.29) is 31.0 Å². The van der Waals surface area contributed by atoms with Crippen molar-refractivity contribution in [3.8, 4) is 11.5 Å². The van der Waals surface area contributed by atoms with Crippen LogP contribution in [0.4, 0.5) is 4.79 Å². The van der Waals surface area contributed by atoms with Gasteiger partial charge in [0.2, 0.25) is 5.78 Å². The molecule has 0 spiro atoms. The molecule has 0 amide bonds. The third-order valence-corrected chi connectivity index (χ3v) is 7.24. The standard InChI is InChI=1S/C36H39NO7/c1-36(2,3)43-35(39)44-37-20-19-33(34(22-37)42-23-26-13-14-27-9-7-8-10-29(27)21-26)28-15-17-32(18-16-28)41-25-30(38)24-40-31-11-5-4-6-12-31/h4-18,21,33-34H,19-20,22-25H2,1-3H3. The molecule has 0 aromatic heterocycles. The Morgan fingerprint density at radius 2 is 1.45 bits per heavy atom. The van der Waals surface area contributed by atoms with Gasteiger partial charge < -0.3 is 23.8 Å². The van der Waals surface area contributed by atoms with Crippen LogP contribution in [0.3, 0.4) is 0 Å². The molecule has 1 heterocycles. The van der Waals surface area contributed by atoms with E-state index in [2.05, 4.69) is 30.3 Å². The van der Waals surface area contributed by atoms with Crippen molar-refractivity contribution >= 4 is 22.7 Å². The summed E-state index contributed by atoms with van der Waals surface area (Å²) in [6, 6.07) is 31.5. The monoisotopic (exact) mass is 597 g/mol. The summed E-state index contributed by atoms with van der Waals surface area (Å²) in [6.07, 6.45) is -0.267. The van der Waals surface area contributed by atoms with E-state index in [1.165, 1.54) is 5.39 Å². The van der Waals surface area contributed by atoms with Crippen molar-refractivity contribution < 1.29 is 33.4 Å². The second kappa shape index (κ2) is 14.4. The first-order valence-corrected chi connectivity index (χ1v) is 14.9. The first-order valence-electron chi connectivity index (χ1n) is 14.9. The summed E-state index contributed by atoms with van der Waals surface area (Å²) >= 11 is 0. The van der Waals surface area contributed by atoms with E-state index in [0.29, 0.717) is 37.6 Å². The first-order chi connectivity index (χ1) is 21.2. The number of nitrogens with zero attached hydrogens (tertiary/aromatic N) is 1. The van der Waals surface area contributed by atoms with Crippen LogP contribution in [0.15, 0.2) is 97.1 Å². The summed E-state index contributed by atoms with van der Waals surface area (Å²) in [4.78, 5) is 30.2. The SMILES string of the molecule is CC(C)(C)OC(=O)ON1CCC(c2ccc(OCC(=O)COc3ccccc3)cc2)C(OCc2ccc3ccccc3c2)C1. The van der Waals surface area contributed by atoms with Crippen LogP contribution < -0.4 is 9.47 Å². The van der Waals surface area contributed by atoms with Crippen LogP contribution in [0.25, 0.3) is 10.8 Å². The van der Waals surface area contributed by atoms with Gasteiger partial charge >= 0.3 is 6.16 Å². The summed E-state index contributed by atoms with van der Waals surface area (Å²) in [7, 11) is 0. The van der Waals surface area contributed by atoms with Crippen molar-refractivity contribution in [1.82, 2.24) is 5.06 Å². The van der Waals surface area contributed by atoms with Gasteiger partial charge in [-0.25, -0.2) is 4.79 Å². The summed E-state index contributed by atoms with van der Waals surface area (Å²) in [5, 5.41) is 3.96. The Hall–Kier alpha value is -4.40. The summed E-state index contributed by atoms with van der Waals surface area (Å²) in [5.74, 6) is 1.15. The number of ketones is 1. The number of fused-ring (bicyclic) bond motifs is 1. The van der Waals surface area contributed by atoms with Gasteiger partial charge in [-0.05, 0) is 79.4 Å². The van der Waals surface area contributed by atoms with Gasteiger partial charge in [0.25, 0.3) is 0 Å². The van der Waals surface area contributed by atoms with Gasteiger partial charge in [-0.2, -0.15) is 0 Å². The predicted octanol–water partition coefficient (Wildman–Crippen LogP) is 7.11. The number of carbonyl (C=O) groups is 2. The Kier molecular flexibility index (Phi) is 10.1. The number of hydroxylamine groups is 2. The van der Waals surface area contributed by atoms with Crippen LogP contribution >= 0.6 is 0 Å². The number of piperidine rings is 1. The van der Waals surface area contributed by atoms with Gasteiger partial charge in [-0.1, -0.05) is 66.7 Å². The first kappa shape index (κ1) is 31.0. The fourth-order valence-corrected chi connectivity index (χ4v) is 5.12. The van der Waals surface area contributed by atoms with Crippen molar-refractivity contribution in [2.75, 3.05) is 26.3 Å². The molecule has 44 heavy (non-hydrogen) atoms.